The number of hydrogen-bond donors (Lipinski definition) is 0. The van der Waals surface area contributed by atoms with Crippen molar-refractivity contribution in [1.29, 1.82) is 0 Å². The molecule has 1 atom stereocenters. The zero-order valence-electron chi connectivity index (χ0n) is 16.8. The van der Waals surface area contributed by atoms with Gasteiger partial charge in [0.05, 0.1) is 12.1 Å². The average Bonchev–Trinajstić information content (AvgIpc) is 2.95. The molecule has 1 saturated heterocycles. The van der Waals surface area contributed by atoms with Crippen LogP contribution in [0, 0.1) is 18.7 Å². The number of likely N-dealkylation sites (tertiary alicyclic amines) is 1. The third-order valence-corrected chi connectivity index (χ3v) is 5.71. The van der Waals surface area contributed by atoms with Crippen LogP contribution in [0.4, 0.5) is 4.39 Å². The molecule has 1 fully saturated rings. The minimum atomic E-state index is -0.365. The Morgan fingerprint density at radius 3 is 2.34 bits per heavy atom. The quantitative estimate of drug-likeness (QED) is 0.734. The SMILES string of the molecule is Cc1ccc(CN2C(=O)C(c3ccc(F)cc3)=C(N3CCCC(C)C3)C2=O)cc1. The van der Waals surface area contributed by atoms with Crippen molar-refractivity contribution in [2.75, 3.05) is 13.1 Å². The summed E-state index contributed by atoms with van der Waals surface area (Å²) >= 11 is 0. The highest BCUT2D eigenvalue weighted by molar-refractivity contribution is 6.35. The maximum Gasteiger partial charge on any atom is 0.278 e. The van der Waals surface area contributed by atoms with Gasteiger partial charge >= 0.3 is 0 Å². The second kappa shape index (κ2) is 7.82. The zero-order chi connectivity index (χ0) is 20.5. The van der Waals surface area contributed by atoms with E-state index in [4.69, 9.17) is 0 Å². The fraction of sp³-hybridized carbons (Fsp3) is 0.333. The van der Waals surface area contributed by atoms with Crippen molar-refractivity contribution in [1.82, 2.24) is 9.80 Å². The van der Waals surface area contributed by atoms with Crippen molar-refractivity contribution in [3.63, 3.8) is 0 Å². The normalized spacial score (nSPS) is 20.0. The van der Waals surface area contributed by atoms with E-state index in [2.05, 4.69) is 6.92 Å². The van der Waals surface area contributed by atoms with Crippen LogP contribution < -0.4 is 0 Å². The molecule has 2 aliphatic heterocycles. The van der Waals surface area contributed by atoms with Gasteiger partial charge in [-0.1, -0.05) is 48.9 Å². The fourth-order valence-electron chi connectivity index (χ4n) is 4.15. The molecule has 2 heterocycles. The van der Waals surface area contributed by atoms with Gasteiger partial charge in [0.1, 0.15) is 11.5 Å². The van der Waals surface area contributed by atoms with Gasteiger partial charge in [0, 0.05) is 13.1 Å². The Morgan fingerprint density at radius 1 is 1.00 bits per heavy atom. The molecule has 2 aromatic carbocycles. The molecule has 4 nitrogen and oxygen atoms in total. The van der Waals surface area contributed by atoms with Crippen LogP contribution in [0.1, 0.15) is 36.5 Å². The Balaban J connectivity index is 1.72. The van der Waals surface area contributed by atoms with Crippen LogP contribution >= 0.6 is 0 Å². The van der Waals surface area contributed by atoms with Gasteiger partial charge in [0.15, 0.2) is 0 Å². The number of benzene rings is 2. The first-order valence-corrected chi connectivity index (χ1v) is 10.1. The van der Waals surface area contributed by atoms with Crippen molar-refractivity contribution in [3.05, 3.63) is 76.7 Å². The van der Waals surface area contributed by atoms with Gasteiger partial charge in [-0.15, -0.1) is 0 Å². The summed E-state index contributed by atoms with van der Waals surface area (Å²) in [5.74, 6) is -0.477. The van der Waals surface area contributed by atoms with Crippen LogP contribution in [-0.2, 0) is 16.1 Å². The number of aryl methyl sites for hydroxylation is 1. The van der Waals surface area contributed by atoms with E-state index in [1.54, 1.807) is 12.1 Å². The highest BCUT2D eigenvalue weighted by atomic mass is 19.1. The molecule has 2 aliphatic rings. The Morgan fingerprint density at radius 2 is 1.69 bits per heavy atom. The molecule has 29 heavy (non-hydrogen) atoms. The van der Waals surface area contributed by atoms with Gasteiger partial charge in [-0.25, -0.2) is 4.39 Å². The minimum Gasteiger partial charge on any atom is -0.366 e. The van der Waals surface area contributed by atoms with Crippen molar-refractivity contribution in [2.45, 2.75) is 33.2 Å². The summed E-state index contributed by atoms with van der Waals surface area (Å²) in [7, 11) is 0. The van der Waals surface area contributed by atoms with E-state index < -0.39 is 0 Å². The number of carbonyl (C=O) groups is 2. The lowest BCUT2D eigenvalue weighted by Gasteiger charge is -2.33. The number of carbonyl (C=O) groups excluding carboxylic acids is 2. The third-order valence-electron chi connectivity index (χ3n) is 5.71. The maximum absolute atomic E-state index is 13.5. The summed E-state index contributed by atoms with van der Waals surface area (Å²) < 4.78 is 13.5. The van der Waals surface area contributed by atoms with Crippen LogP contribution in [0.5, 0.6) is 0 Å². The summed E-state index contributed by atoms with van der Waals surface area (Å²) in [6.07, 6.45) is 2.10. The predicted molar refractivity (Wildman–Crippen MR) is 110 cm³/mol. The monoisotopic (exact) mass is 392 g/mol. The van der Waals surface area contributed by atoms with E-state index in [-0.39, 0.29) is 24.2 Å². The fourth-order valence-corrected chi connectivity index (χ4v) is 4.15. The highest BCUT2D eigenvalue weighted by Crippen LogP contribution is 2.34. The smallest absolute Gasteiger partial charge is 0.278 e. The van der Waals surface area contributed by atoms with Gasteiger partial charge in [-0.2, -0.15) is 0 Å². The summed E-state index contributed by atoms with van der Waals surface area (Å²) in [6, 6.07) is 13.7. The van der Waals surface area contributed by atoms with Gasteiger partial charge in [-0.05, 0) is 48.9 Å². The molecule has 2 amide bonds. The summed E-state index contributed by atoms with van der Waals surface area (Å²) in [5.41, 5.74) is 3.46. The van der Waals surface area contributed by atoms with Gasteiger partial charge in [-0.3, -0.25) is 14.5 Å². The number of rotatable bonds is 4. The molecule has 0 aliphatic carbocycles. The Bertz CT molecular complexity index is 963. The van der Waals surface area contributed by atoms with Crippen LogP contribution in [0.2, 0.25) is 0 Å². The third kappa shape index (κ3) is 3.82. The molecule has 5 heteroatoms. The predicted octanol–water partition coefficient (Wildman–Crippen LogP) is 4.15. The molecule has 0 spiro atoms. The van der Waals surface area contributed by atoms with Crippen molar-refractivity contribution in [2.24, 2.45) is 5.92 Å². The number of imide groups is 1. The lowest BCUT2D eigenvalue weighted by molar-refractivity contribution is -0.138. The van der Waals surface area contributed by atoms with Crippen LogP contribution in [-0.4, -0.2) is 34.7 Å². The summed E-state index contributed by atoms with van der Waals surface area (Å²) in [5, 5.41) is 0. The molecular weight excluding hydrogens is 367 g/mol. The zero-order valence-corrected chi connectivity index (χ0v) is 16.8. The van der Waals surface area contributed by atoms with E-state index in [0.717, 1.165) is 37.1 Å². The molecule has 2 aromatic rings. The summed E-state index contributed by atoms with van der Waals surface area (Å²) in [4.78, 5) is 30.1. The van der Waals surface area contributed by atoms with Gasteiger partial charge in [0.25, 0.3) is 11.8 Å². The lowest BCUT2D eigenvalue weighted by Crippen LogP contribution is -2.39. The standard InChI is InChI=1S/C24H25FN2O2/c1-16-5-7-18(8-6-16)15-27-23(28)21(19-9-11-20(25)12-10-19)22(24(27)29)26-13-3-4-17(2)14-26/h5-12,17H,3-4,13-15H2,1-2H3. The van der Waals surface area contributed by atoms with E-state index in [9.17, 15) is 14.0 Å². The van der Waals surface area contributed by atoms with Crippen molar-refractivity contribution >= 4 is 17.4 Å². The number of nitrogens with zero attached hydrogens (tertiary/aromatic N) is 2. The number of hydrogen-bond acceptors (Lipinski definition) is 3. The Hall–Kier alpha value is -2.95. The second-order valence-electron chi connectivity index (χ2n) is 8.11. The van der Waals surface area contributed by atoms with E-state index >= 15 is 0 Å². The van der Waals surface area contributed by atoms with Crippen LogP contribution in [0.25, 0.3) is 5.57 Å². The van der Waals surface area contributed by atoms with Crippen LogP contribution in [0.3, 0.4) is 0 Å². The van der Waals surface area contributed by atoms with E-state index in [1.165, 1.54) is 17.0 Å². The molecule has 0 bridgehead atoms. The Labute approximate surface area is 170 Å². The van der Waals surface area contributed by atoms with Crippen molar-refractivity contribution < 1.29 is 14.0 Å². The topological polar surface area (TPSA) is 40.6 Å². The number of amides is 2. The number of halogens is 1. The molecular formula is C24H25FN2O2. The van der Waals surface area contributed by atoms with E-state index in [1.807, 2.05) is 36.1 Å². The van der Waals surface area contributed by atoms with E-state index in [0.29, 0.717) is 22.8 Å². The van der Waals surface area contributed by atoms with Gasteiger partial charge < -0.3 is 4.90 Å². The Kier molecular flexibility index (Phi) is 5.22. The van der Waals surface area contributed by atoms with Crippen LogP contribution in [0.15, 0.2) is 54.2 Å². The largest absolute Gasteiger partial charge is 0.366 e. The minimum absolute atomic E-state index is 0.232. The first kappa shape index (κ1) is 19.4. The first-order valence-electron chi connectivity index (χ1n) is 10.1. The second-order valence-corrected chi connectivity index (χ2v) is 8.11. The molecule has 0 saturated carbocycles. The molecule has 150 valence electrons. The number of piperidine rings is 1. The molecule has 0 radical (unpaired) electrons. The highest BCUT2D eigenvalue weighted by Gasteiger charge is 2.42. The molecule has 0 aromatic heterocycles. The first-order chi connectivity index (χ1) is 13.9. The average molecular weight is 392 g/mol. The molecule has 1 unspecified atom stereocenters. The van der Waals surface area contributed by atoms with Gasteiger partial charge in [0.2, 0.25) is 0 Å². The summed E-state index contributed by atoms with van der Waals surface area (Å²) in [6.45, 7) is 5.89. The maximum atomic E-state index is 13.5. The molecule has 0 N–H and O–H groups in total. The lowest BCUT2D eigenvalue weighted by atomic mass is 9.98. The van der Waals surface area contributed by atoms with Crippen molar-refractivity contribution in [3.8, 4) is 0 Å². The molecule has 4 rings (SSSR count).